The molecule has 1 aliphatic rings. The highest BCUT2D eigenvalue weighted by atomic mass is 32.2. The molecule has 146 valence electrons. The van der Waals surface area contributed by atoms with Gasteiger partial charge in [-0.3, -0.25) is 9.80 Å². The SMILES string of the molecule is CN(C)S(=O)(=O)c1ccc(CN2CCN(C/C=C/c3ccccc3)CC2)o1. The number of hydrogen-bond donors (Lipinski definition) is 0. The number of nitrogens with zero attached hydrogens (tertiary/aromatic N) is 3. The summed E-state index contributed by atoms with van der Waals surface area (Å²) >= 11 is 0. The van der Waals surface area contributed by atoms with Gasteiger partial charge in [0.1, 0.15) is 5.76 Å². The van der Waals surface area contributed by atoms with Crippen molar-refractivity contribution in [1.29, 1.82) is 0 Å². The van der Waals surface area contributed by atoms with E-state index >= 15 is 0 Å². The number of hydrogen-bond acceptors (Lipinski definition) is 5. The molecule has 0 saturated carbocycles. The predicted octanol–water partition coefficient (Wildman–Crippen LogP) is 2.36. The van der Waals surface area contributed by atoms with Gasteiger partial charge in [0.25, 0.3) is 10.0 Å². The lowest BCUT2D eigenvalue weighted by Gasteiger charge is -2.33. The van der Waals surface area contributed by atoms with Crippen LogP contribution in [0.3, 0.4) is 0 Å². The summed E-state index contributed by atoms with van der Waals surface area (Å²) < 4.78 is 30.9. The van der Waals surface area contributed by atoms with Crippen molar-refractivity contribution in [2.24, 2.45) is 0 Å². The summed E-state index contributed by atoms with van der Waals surface area (Å²) in [6, 6.07) is 13.6. The van der Waals surface area contributed by atoms with E-state index in [1.807, 2.05) is 18.2 Å². The fraction of sp³-hybridized carbons (Fsp3) is 0.400. The van der Waals surface area contributed by atoms with Gasteiger partial charge in [-0.05, 0) is 17.7 Å². The Morgan fingerprint density at radius 2 is 1.67 bits per heavy atom. The van der Waals surface area contributed by atoms with Crippen LogP contribution >= 0.6 is 0 Å². The molecule has 0 spiro atoms. The molecule has 1 aromatic heterocycles. The van der Waals surface area contributed by atoms with Gasteiger partial charge in [-0.2, -0.15) is 0 Å². The van der Waals surface area contributed by atoms with Crippen LogP contribution in [0.5, 0.6) is 0 Å². The average Bonchev–Trinajstić information content (AvgIpc) is 3.13. The molecule has 27 heavy (non-hydrogen) atoms. The van der Waals surface area contributed by atoms with E-state index < -0.39 is 10.0 Å². The van der Waals surface area contributed by atoms with Crippen LogP contribution in [0.4, 0.5) is 0 Å². The zero-order valence-electron chi connectivity index (χ0n) is 15.9. The van der Waals surface area contributed by atoms with E-state index in [4.69, 9.17) is 4.42 Å². The molecule has 7 heteroatoms. The van der Waals surface area contributed by atoms with Gasteiger partial charge in [-0.25, -0.2) is 12.7 Å². The van der Waals surface area contributed by atoms with E-state index in [-0.39, 0.29) is 5.09 Å². The Labute approximate surface area is 161 Å². The molecule has 0 aliphatic carbocycles. The van der Waals surface area contributed by atoms with E-state index in [0.29, 0.717) is 12.3 Å². The lowest BCUT2D eigenvalue weighted by atomic mass is 10.2. The van der Waals surface area contributed by atoms with Crippen molar-refractivity contribution >= 4 is 16.1 Å². The van der Waals surface area contributed by atoms with Crippen molar-refractivity contribution in [3.63, 3.8) is 0 Å². The van der Waals surface area contributed by atoms with Crippen LogP contribution in [0.15, 0.2) is 58.1 Å². The number of sulfonamides is 1. The van der Waals surface area contributed by atoms with Crippen molar-refractivity contribution in [1.82, 2.24) is 14.1 Å². The fourth-order valence-electron chi connectivity index (χ4n) is 3.01. The van der Waals surface area contributed by atoms with Gasteiger partial charge in [-0.1, -0.05) is 42.5 Å². The molecule has 6 nitrogen and oxygen atoms in total. The summed E-state index contributed by atoms with van der Waals surface area (Å²) in [6.07, 6.45) is 4.36. The second kappa shape index (κ2) is 8.84. The summed E-state index contributed by atoms with van der Waals surface area (Å²) in [5.74, 6) is 0.688. The van der Waals surface area contributed by atoms with Crippen LogP contribution in [-0.4, -0.2) is 69.3 Å². The first kappa shape index (κ1) is 19.8. The summed E-state index contributed by atoms with van der Waals surface area (Å²) in [5.41, 5.74) is 1.22. The highest BCUT2D eigenvalue weighted by Crippen LogP contribution is 2.18. The van der Waals surface area contributed by atoms with Crippen LogP contribution in [0.25, 0.3) is 6.08 Å². The maximum absolute atomic E-state index is 12.1. The molecule has 0 atom stereocenters. The quantitative estimate of drug-likeness (QED) is 0.728. The molecule has 0 radical (unpaired) electrons. The highest BCUT2D eigenvalue weighted by molar-refractivity contribution is 7.88. The van der Waals surface area contributed by atoms with Crippen molar-refractivity contribution in [3.05, 3.63) is 59.9 Å². The zero-order chi connectivity index (χ0) is 19.3. The van der Waals surface area contributed by atoms with Crippen molar-refractivity contribution < 1.29 is 12.8 Å². The number of benzene rings is 1. The first-order valence-electron chi connectivity index (χ1n) is 9.13. The number of furan rings is 1. The first-order valence-corrected chi connectivity index (χ1v) is 10.6. The molecule has 0 amide bonds. The second-order valence-electron chi connectivity index (χ2n) is 6.90. The maximum Gasteiger partial charge on any atom is 0.275 e. The summed E-state index contributed by atoms with van der Waals surface area (Å²) in [5, 5.41) is 0.00665. The molecule has 0 bridgehead atoms. The molecule has 1 aromatic carbocycles. The van der Waals surface area contributed by atoms with Gasteiger partial charge in [0.05, 0.1) is 6.54 Å². The number of piperazine rings is 1. The Balaban J connectivity index is 1.46. The topological polar surface area (TPSA) is 57.0 Å². The van der Waals surface area contributed by atoms with Crippen molar-refractivity contribution in [2.75, 3.05) is 46.8 Å². The van der Waals surface area contributed by atoms with Crippen molar-refractivity contribution in [3.8, 4) is 0 Å². The van der Waals surface area contributed by atoms with Gasteiger partial charge in [-0.15, -0.1) is 0 Å². The summed E-state index contributed by atoms with van der Waals surface area (Å²) in [4.78, 5) is 4.71. The van der Waals surface area contributed by atoms with E-state index in [1.54, 1.807) is 6.07 Å². The Kier molecular flexibility index (Phi) is 6.49. The third kappa shape index (κ3) is 5.29. The molecule has 2 heterocycles. The third-order valence-electron chi connectivity index (χ3n) is 4.69. The summed E-state index contributed by atoms with van der Waals surface area (Å²) in [6.45, 7) is 5.43. The first-order chi connectivity index (χ1) is 12.9. The van der Waals surface area contributed by atoms with Crippen LogP contribution < -0.4 is 0 Å². The molecule has 0 unspecified atom stereocenters. The minimum atomic E-state index is -3.51. The zero-order valence-corrected chi connectivity index (χ0v) is 16.7. The lowest BCUT2D eigenvalue weighted by molar-refractivity contribution is 0.128. The Morgan fingerprint density at radius 1 is 1.00 bits per heavy atom. The van der Waals surface area contributed by atoms with Gasteiger partial charge in [0, 0.05) is 46.8 Å². The van der Waals surface area contributed by atoms with Gasteiger partial charge >= 0.3 is 0 Å². The van der Waals surface area contributed by atoms with Crippen LogP contribution in [0.1, 0.15) is 11.3 Å². The molecule has 3 rings (SSSR count). The Hall–Kier alpha value is -1.93. The lowest BCUT2D eigenvalue weighted by Crippen LogP contribution is -2.45. The molecule has 1 aliphatic heterocycles. The second-order valence-corrected chi connectivity index (χ2v) is 8.98. The highest BCUT2D eigenvalue weighted by Gasteiger charge is 2.23. The predicted molar refractivity (Wildman–Crippen MR) is 107 cm³/mol. The van der Waals surface area contributed by atoms with Gasteiger partial charge in [0.15, 0.2) is 0 Å². The smallest absolute Gasteiger partial charge is 0.275 e. The third-order valence-corrected chi connectivity index (χ3v) is 6.38. The number of rotatable bonds is 7. The maximum atomic E-state index is 12.1. The molecule has 2 aromatic rings. The molecular formula is C20H27N3O3S. The van der Waals surface area contributed by atoms with E-state index in [9.17, 15) is 8.42 Å². The standard InChI is InChI=1S/C20H27N3O3S/c1-21(2)27(24,25)20-11-10-19(26-20)17-23-15-13-22(14-16-23)12-6-9-18-7-4-3-5-8-18/h3-11H,12-17H2,1-2H3/b9-6+. The summed E-state index contributed by atoms with van der Waals surface area (Å²) in [7, 11) is -0.501. The Bertz CT molecular complexity index is 852. The van der Waals surface area contributed by atoms with Crippen LogP contribution in [-0.2, 0) is 16.6 Å². The fourth-order valence-corrected chi connectivity index (χ4v) is 3.83. The Morgan fingerprint density at radius 3 is 2.33 bits per heavy atom. The largest absolute Gasteiger partial charge is 0.447 e. The van der Waals surface area contributed by atoms with Gasteiger partial charge in [0.2, 0.25) is 5.09 Å². The van der Waals surface area contributed by atoms with E-state index in [0.717, 1.165) is 37.0 Å². The normalized spacial score (nSPS) is 17.1. The van der Waals surface area contributed by atoms with E-state index in [2.05, 4.69) is 34.1 Å². The van der Waals surface area contributed by atoms with Crippen LogP contribution in [0, 0.1) is 0 Å². The van der Waals surface area contributed by atoms with Crippen LogP contribution in [0.2, 0.25) is 0 Å². The van der Waals surface area contributed by atoms with E-state index in [1.165, 1.54) is 25.7 Å². The minimum absolute atomic E-state index is 0.00665. The molecule has 1 saturated heterocycles. The minimum Gasteiger partial charge on any atom is -0.447 e. The average molecular weight is 390 g/mol. The van der Waals surface area contributed by atoms with Crippen molar-refractivity contribution in [2.45, 2.75) is 11.6 Å². The molecule has 0 N–H and O–H groups in total. The molecular weight excluding hydrogens is 362 g/mol. The molecule has 1 fully saturated rings. The van der Waals surface area contributed by atoms with Gasteiger partial charge < -0.3 is 4.42 Å². The monoisotopic (exact) mass is 389 g/mol.